The Labute approximate surface area is 55.3 Å². The fourth-order valence-electron chi connectivity index (χ4n) is 0.603. The molecular formula is C6H13NS. The van der Waals surface area contributed by atoms with Crippen molar-refractivity contribution < 1.29 is 0 Å². The van der Waals surface area contributed by atoms with Crippen LogP contribution in [0.25, 0.3) is 0 Å². The molecule has 1 aliphatic rings. The monoisotopic (exact) mass is 131 g/mol. The summed E-state index contributed by atoms with van der Waals surface area (Å²) >= 11 is 1.87. The lowest BCUT2D eigenvalue weighted by Crippen LogP contribution is -2.08. The first-order valence-electron chi connectivity index (χ1n) is 2.77. The zero-order chi connectivity index (χ0) is 6.41. The summed E-state index contributed by atoms with van der Waals surface area (Å²) in [4.78, 5) is 0. The summed E-state index contributed by atoms with van der Waals surface area (Å²) in [6.07, 6.45) is 2.55. The van der Waals surface area contributed by atoms with Crippen molar-refractivity contribution in [3.8, 4) is 0 Å². The number of hydrogen-bond donors (Lipinski definition) is 1. The molecule has 0 aromatic rings. The minimum Gasteiger partial charge on any atom is -0.319 e. The number of rotatable bonds is 0. The predicted octanol–water partition coefficient (Wildman–Crippen LogP) is 1.60. The predicted molar refractivity (Wildman–Crippen MR) is 40.9 cm³/mol. The number of nitrogens with two attached hydrogens (primary N) is 1. The van der Waals surface area contributed by atoms with E-state index in [1.807, 2.05) is 11.8 Å². The first-order chi connectivity index (χ1) is 3.89. The van der Waals surface area contributed by atoms with Gasteiger partial charge < -0.3 is 5.73 Å². The molecular weight excluding hydrogens is 118 g/mol. The van der Waals surface area contributed by atoms with Crippen LogP contribution in [0.1, 0.15) is 12.8 Å². The molecule has 1 saturated heterocycles. The maximum absolute atomic E-state index is 5.50. The lowest BCUT2D eigenvalue weighted by atomic mass is 10.3. The third-order valence-corrected chi connectivity index (χ3v) is 2.15. The van der Waals surface area contributed by atoms with E-state index in [-0.39, 0.29) is 0 Å². The van der Waals surface area contributed by atoms with Gasteiger partial charge in [-0.1, -0.05) is 0 Å². The summed E-state index contributed by atoms with van der Waals surface area (Å²) in [6.45, 7) is 6.00. The summed E-state index contributed by atoms with van der Waals surface area (Å²) in [5.41, 5.74) is 5.50. The Kier molecular flexibility index (Phi) is 5.22. The maximum Gasteiger partial charge on any atom is 0.0507 e. The molecule has 0 bridgehead atoms. The molecule has 0 aliphatic carbocycles. The van der Waals surface area contributed by atoms with Crippen molar-refractivity contribution in [2.24, 2.45) is 5.73 Å². The van der Waals surface area contributed by atoms with Crippen molar-refractivity contribution in [3.63, 3.8) is 0 Å². The first kappa shape index (κ1) is 8.05. The molecule has 1 rings (SSSR count). The Morgan fingerprint density at radius 3 is 2.25 bits per heavy atom. The fourth-order valence-corrected chi connectivity index (χ4v) is 1.57. The van der Waals surface area contributed by atoms with Gasteiger partial charge in [-0.25, -0.2) is 0 Å². The molecule has 48 valence electrons. The summed E-state index contributed by atoms with van der Waals surface area (Å²) in [6, 6.07) is 0. The largest absolute Gasteiger partial charge is 0.319 e. The van der Waals surface area contributed by atoms with Gasteiger partial charge in [0.2, 0.25) is 0 Å². The van der Waals surface area contributed by atoms with Gasteiger partial charge in [0, 0.05) is 0 Å². The maximum atomic E-state index is 5.50. The highest BCUT2D eigenvalue weighted by Gasteiger charge is 2.08. The van der Waals surface area contributed by atoms with Crippen molar-refractivity contribution in [2.75, 3.05) is 5.75 Å². The molecule has 2 N–H and O–H groups in total. The van der Waals surface area contributed by atoms with Crippen LogP contribution in [0, 0.1) is 0 Å². The fraction of sp³-hybridized carbons (Fsp3) is 0.667. The first-order valence-corrected chi connectivity index (χ1v) is 3.81. The van der Waals surface area contributed by atoms with Gasteiger partial charge in [-0.05, 0) is 18.6 Å². The molecule has 0 saturated carbocycles. The highest BCUT2D eigenvalue weighted by molar-refractivity contribution is 8.00. The molecule has 0 spiro atoms. The molecule has 0 aromatic carbocycles. The quantitative estimate of drug-likeness (QED) is 0.505. The molecule has 1 nitrogen and oxygen atoms in total. The third-order valence-electron chi connectivity index (χ3n) is 0.965. The summed E-state index contributed by atoms with van der Waals surface area (Å²) in [5.74, 6) is 1.28. The lowest BCUT2D eigenvalue weighted by molar-refractivity contribution is 0.813. The van der Waals surface area contributed by atoms with Crippen LogP contribution >= 0.6 is 11.8 Å². The van der Waals surface area contributed by atoms with E-state index in [1.54, 1.807) is 0 Å². The van der Waals surface area contributed by atoms with Gasteiger partial charge in [-0.15, -0.1) is 24.9 Å². The molecule has 2 heteroatoms. The smallest absolute Gasteiger partial charge is 0.0507 e. The van der Waals surface area contributed by atoms with Gasteiger partial charge in [0.1, 0.15) is 0 Å². The Morgan fingerprint density at radius 2 is 2.12 bits per heavy atom. The standard InChI is InChI=1S/C4H9NS.C2H4/c5-4-2-1-3-6-4;1-2/h4H,1-3,5H2;1-2H2. The second-order valence-corrected chi connectivity index (χ2v) is 2.90. The van der Waals surface area contributed by atoms with Crippen LogP contribution in [-0.2, 0) is 0 Å². The summed E-state index contributed by atoms with van der Waals surface area (Å²) < 4.78 is 0. The van der Waals surface area contributed by atoms with Gasteiger partial charge in [0.05, 0.1) is 5.37 Å². The van der Waals surface area contributed by atoms with E-state index in [2.05, 4.69) is 13.2 Å². The summed E-state index contributed by atoms with van der Waals surface area (Å²) in [5, 5.41) is 0.463. The average Bonchev–Trinajstić information content (AvgIpc) is 2.24. The minimum atomic E-state index is 0.463. The third kappa shape index (κ3) is 3.10. The van der Waals surface area contributed by atoms with Crippen LogP contribution in [0.4, 0.5) is 0 Å². The van der Waals surface area contributed by atoms with E-state index in [0.717, 1.165) is 0 Å². The van der Waals surface area contributed by atoms with Crippen molar-refractivity contribution in [3.05, 3.63) is 13.2 Å². The molecule has 0 radical (unpaired) electrons. The van der Waals surface area contributed by atoms with Crippen LogP contribution in [0.15, 0.2) is 13.2 Å². The molecule has 0 amide bonds. The van der Waals surface area contributed by atoms with Crippen LogP contribution in [0.3, 0.4) is 0 Å². The van der Waals surface area contributed by atoms with Crippen molar-refractivity contribution in [1.82, 2.24) is 0 Å². The van der Waals surface area contributed by atoms with Gasteiger partial charge in [0.25, 0.3) is 0 Å². The van der Waals surface area contributed by atoms with Gasteiger partial charge in [0.15, 0.2) is 0 Å². The number of thioether (sulfide) groups is 1. The zero-order valence-corrected chi connectivity index (χ0v) is 5.91. The average molecular weight is 131 g/mol. The molecule has 8 heavy (non-hydrogen) atoms. The molecule has 1 fully saturated rings. The van der Waals surface area contributed by atoms with Crippen molar-refractivity contribution in [2.45, 2.75) is 18.2 Å². The van der Waals surface area contributed by atoms with E-state index >= 15 is 0 Å². The zero-order valence-electron chi connectivity index (χ0n) is 5.10. The van der Waals surface area contributed by atoms with Crippen LogP contribution in [-0.4, -0.2) is 11.1 Å². The SMILES string of the molecule is C=C.NC1CCCS1. The second-order valence-electron chi connectivity index (χ2n) is 1.55. The van der Waals surface area contributed by atoms with Gasteiger partial charge in [-0.3, -0.25) is 0 Å². The molecule has 1 unspecified atom stereocenters. The van der Waals surface area contributed by atoms with Crippen molar-refractivity contribution >= 4 is 11.8 Å². The highest BCUT2D eigenvalue weighted by Crippen LogP contribution is 2.20. The second kappa shape index (κ2) is 5.19. The molecule has 1 heterocycles. The summed E-state index contributed by atoms with van der Waals surface area (Å²) in [7, 11) is 0. The van der Waals surface area contributed by atoms with E-state index < -0.39 is 0 Å². The van der Waals surface area contributed by atoms with Gasteiger partial charge in [-0.2, -0.15) is 0 Å². The number of hydrogen-bond acceptors (Lipinski definition) is 2. The van der Waals surface area contributed by atoms with E-state index in [9.17, 15) is 0 Å². The minimum absolute atomic E-state index is 0.463. The Hall–Kier alpha value is 0.0500. The Morgan fingerprint density at radius 1 is 1.50 bits per heavy atom. The van der Waals surface area contributed by atoms with Gasteiger partial charge >= 0.3 is 0 Å². The van der Waals surface area contributed by atoms with E-state index in [4.69, 9.17) is 5.73 Å². The lowest BCUT2D eigenvalue weighted by Gasteiger charge is -1.92. The molecule has 0 aromatic heterocycles. The van der Waals surface area contributed by atoms with Crippen LogP contribution < -0.4 is 5.73 Å². The Bertz CT molecular complexity index is 50.5. The molecule has 1 aliphatic heterocycles. The normalized spacial score (nSPS) is 26.4. The van der Waals surface area contributed by atoms with E-state index in [1.165, 1.54) is 18.6 Å². The van der Waals surface area contributed by atoms with Crippen LogP contribution in [0.2, 0.25) is 0 Å². The van der Waals surface area contributed by atoms with E-state index in [0.29, 0.717) is 5.37 Å². The Balaban J connectivity index is 0.000000222. The molecule has 1 atom stereocenters. The van der Waals surface area contributed by atoms with Crippen LogP contribution in [0.5, 0.6) is 0 Å². The topological polar surface area (TPSA) is 26.0 Å². The van der Waals surface area contributed by atoms with Crippen molar-refractivity contribution in [1.29, 1.82) is 0 Å². The highest BCUT2D eigenvalue weighted by atomic mass is 32.2.